The third-order valence-electron chi connectivity index (χ3n) is 4.82. The van der Waals surface area contributed by atoms with Gasteiger partial charge in [-0.05, 0) is 61.2 Å². The number of carbonyl (C=O) groups is 1. The van der Waals surface area contributed by atoms with E-state index in [1.807, 2.05) is 36.4 Å². The number of aryl methyl sites for hydroxylation is 3. The molecule has 0 radical (unpaired) electrons. The van der Waals surface area contributed by atoms with Crippen LogP contribution < -0.4 is 10.6 Å². The van der Waals surface area contributed by atoms with Crippen molar-refractivity contribution in [3.63, 3.8) is 0 Å². The topological polar surface area (TPSA) is 46.1 Å². The SMILES string of the molecule is CCc1ccc(NC(=O)NCc2cccn2Cc2cc(C)ccc2C)cc1. The molecule has 0 aliphatic heterocycles. The van der Waals surface area contributed by atoms with Crippen molar-refractivity contribution < 1.29 is 4.79 Å². The molecule has 2 N–H and O–H groups in total. The molecule has 1 aromatic heterocycles. The van der Waals surface area contributed by atoms with E-state index in [4.69, 9.17) is 0 Å². The predicted molar refractivity (Wildman–Crippen MR) is 111 cm³/mol. The molecular weight excluding hydrogens is 334 g/mol. The number of hydrogen-bond donors (Lipinski definition) is 2. The number of urea groups is 1. The Bertz CT molecular complexity index is 910. The zero-order valence-electron chi connectivity index (χ0n) is 16.3. The van der Waals surface area contributed by atoms with Gasteiger partial charge >= 0.3 is 6.03 Å². The maximum absolute atomic E-state index is 12.2. The van der Waals surface area contributed by atoms with E-state index in [0.29, 0.717) is 6.54 Å². The summed E-state index contributed by atoms with van der Waals surface area (Å²) in [5.41, 5.74) is 6.97. The van der Waals surface area contributed by atoms with Crippen LogP contribution in [-0.2, 0) is 19.5 Å². The fraction of sp³-hybridized carbons (Fsp3) is 0.261. The standard InChI is InChI=1S/C23H27N3O/c1-4-19-9-11-21(12-10-19)25-23(27)24-15-22-6-5-13-26(22)16-20-14-17(2)7-8-18(20)3/h5-14H,4,15-16H2,1-3H3,(H2,24,25,27). The van der Waals surface area contributed by atoms with Crippen LogP contribution in [0.4, 0.5) is 10.5 Å². The molecule has 0 saturated heterocycles. The summed E-state index contributed by atoms with van der Waals surface area (Å²) in [6.45, 7) is 7.64. The molecule has 4 heteroatoms. The minimum absolute atomic E-state index is 0.196. The number of amides is 2. The first kappa shape index (κ1) is 18.8. The highest BCUT2D eigenvalue weighted by Crippen LogP contribution is 2.14. The monoisotopic (exact) mass is 361 g/mol. The number of benzene rings is 2. The number of anilines is 1. The van der Waals surface area contributed by atoms with Gasteiger partial charge in [-0.1, -0.05) is 42.8 Å². The summed E-state index contributed by atoms with van der Waals surface area (Å²) in [4.78, 5) is 12.2. The zero-order valence-corrected chi connectivity index (χ0v) is 16.3. The van der Waals surface area contributed by atoms with Gasteiger partial charge < -0.3 is 15.2 Å². The van der Waals surface area contributed by atoms with Gasteiger partial charge in [0.2, 0.25) is 0 Å². The molecule has 1 heterocycles. The Balaban J connectivity index is 1.59. The minimum Gasteiger partial charge on any atom is -0.345 e. The first-order chi connectivity index (χ1) is 13.0. The largest absolute Gasteiger partial charge is 0.345 e. The molecular formula is C23H27N3O. The number of carbonyl (C=O) groups excluding carboxylic acids is 1. The molecule has 0 bridgehead atoms. The predicted octanol–water partition coefficient (Wildman–Crippen LogP) is 5.04. The lowest BCUT2D eigenvalue weighted by Crippen LogP contribution is -2.29. The van der Waals surface area contributed by atoms with Gasteiger partial charge in [-0.2, -0.15) is 0 Å². The van der Waals surface area contributed by atoms with Gasteiger partial charge in [-0.25, -0.2) is 4.79 Å². The van der Waals surface area contributed by atoms with Crippen LogP contribution in [0.15, 0.2) is 60.8 Å². The van der Waals surface area contributed by atoms with Gasteiger partial charge in [-0.15, -0.1) is 0 Å². The fourth-order valence-electron chi connectivity index (χ4n) is 3.09. The second-order valence-electron chi connectivity index (χ2n) is 6.92. The lowest BCUT2D eigenvalue weighted by molar-refractivity contribution is 0.251. The van der Waals surface area contributed by atoms with E-state index < -0.39 is 0 Å². The zero-order chi connectivity index (χ0) is 19.2. The van der Waals surface area contributed by atoms with Crippen molar-refractivity contribution in [1.29, 1.82) is 0 Å². The lowest BCUT2D eigenvalue weighted by Gasteiger charge is -2.13. The molecule has 2 aromatic carbocycles. The highest BCUT2D eigenvalue weighted by molar-refractivity contribution is 5.89. The molecule has 0 aliphatic rings. The molecule has 2 amide bonds. The quantitative estimate of drug-likeness (QED) is 0.635. The maximum atomic E-state index is 12.2. The normalized spacial score (nSPS) is 10.6. The number of rotatable bonds is 6. The van der Waals surface area contributed by atoms with Crippen molar-refractivity contribution in [1.82, 2.24) is 9.88 Å². The Morgan fingerprint density at radius 2 is 1.81 bits per heavy atom. The van der Waals surface area contributed by atoms with Gasteiger partial charge in [0.15, 0.2) is 0 Å². The summed E-state index contributed by atoms with van der Waals surface area (Å²) >= 11 is 0. The van der Waals surface area contributed by atoms with Crippen LogP contribution in [0.1, 0.15) is 34.9 Å². The van der Waals surface area contributed by atoms with Crippen LogP contribution in [0, 0.1) is 13.8 Å². The lowest BCUT2D eigenvalue weighted by atomic mass is 10.1. The number of nitrogens with zero attached hydrogens (tertiary/aromatic N) is 1. The summed E-state index contributed by atoms with van der Waals surface area (Å²) in [5, 5.41) is 5.83. The molecule has 140 valence electrons. The summed E-state index contributed by atoms with van der Waals surface area (Å²) in [6.07, 6.45) is 3.05. The highest BCUT2D eigenvalue weighted by Gasteiger charge is 2.07. The molecule has 3 rings (SSSR count). The van der Waals surface area contributed by atoms with Crippen LogP contribution in [0.3, 0.4) is 0 Å². The first-order valence-corrected chi connectivity index (χ1v) is 9.39. The van der Waals surface area contributed by atoms with Crippen molar-refractivity contribution >= 4 is 11.7 Å². The van der Waals surface area contributed by atoms with Gasteiger partial charge in [0.25, 0.3) is 0 Å². The first-order valence-electron chi connectivity index (χ1n) is 9.39. The van der Waals surface area contributed by atoms with E-state index in [9.17, 15) is 4.79 Å². The van der Waals surface area contributed by atoms with Crippen LogP contribution in [0.5, 0.6) is 0 Å². The Kier molecular flexibility index (Phi) is 5.97. The molecule has 0 unspecified atom stereocenters. The van der Waals surface area contributed by atoms with Crippen molar-refractivity contribution in [2.45, 2.75) is 40.3 Å². The molecule has 0 fully saturated rings. The fourth-order valence-corrected chi connectivity index (χ4v) is 3.09. The molecule has 0 spiro atoms. The smallest absolute Gasteiger partial charge is 0.319 e. The Morgan fingerprint density at radius 1 is 1.04 bits per heavy atom. The number of aromatic nitrogens is 1. The van der Waals surface area contributed by atoms with Crippen LogP contribution in [0.2, 0.25) is 0 Å². The molecule has 3 aromatic rings. The van der Waals surface area contributed by atoms with Crippen molar-refractivity contribution in [3.05, 3.63) is 88.7 Å². The van der Waals surface area contributed by atoms with Gasteiger partial charge in [0.1, 0.15) is 0 Å². The Labute approximate surface area is 161 Å². The third kappa shape index (κ3) is 5.00. The molecule has 27 heavy (non-hydrogen) atoms. The summed E-state index contributed by atoms with van der Waals surface area (Å²) in [5.74, 6) is 0. The second-order valence-corrected chi connectivity index (χ2v) is 6.92. The van der Waals surface area contributed by atoms with Crippen molar-refractivity contribution in [2.75, 3.05) is 5.32 Å². The molecule has 0 aliphatic carbocycles. The highest BCUT2D eigenvalue weighted by atomic mass is 16.2. The summed E-state index contributed by atoms with van der Waals surface area (Å²) in [7, 11) is 0. The van der Waals surface area contributed by atoms with E-state index in [-0.39, 0.29) is 6.03 Å². The van der Waals surface area contributed by atoms with Crippen molar-refractivity contribution in [2.24, 2.45) is 0 Å². The summed E-state index contributed by atoms with van der Waals surface area (Å²) in [6, 6.07) is 18.3. The second kappa shape index (κ2) is 8.58. The van der Waals surface area contributed by atoms with E-state index in [0.717, 1.165) is 24.3 Å². The number of hydrogen-bond acceptors (Lipinski definition) is 1. The van der Waals surface area contributed by atoms with E-state index in [1.165, 1.54) is 22.3 Å². The Morgan fingerprint density at radius 3 is 2.56 bits per heavy atom. The van der Waals surface area contributed by atoms with Gasteiger partial charge in [0.05, 0.1) is 6.54 Å². The molecule has 0 saturated carbocycles. The van der Waals surface area contributed by atoms with Gasteiger partial charge in [-0.3, -0.25) is 0 Å². The third-order valence-corrected chi connectivity index (χ3v) is 4.82. The van der Waals surface area contributed by atoms with E-state index >= 15 is 0 Å². The van der Waals surface area contributed by atoms with Crippen LogP contribution >= 0.6 is 0 Å². The Hall–Kier alpha value is -3.01. The van der Waals surface area contributed by atoms with E-state index in [2.05, 4.69) is 60.4 Å². The van der Waals surface area contributed by atoms with Crippen LogP contribution in [-0.4, -0.2) is 10.6 Å². The van der Waals surface area contributed by atoms with E-state index in [1.54, 1.807) is 0 Å². The molecule has 0 atom stereocenters. The maximum Gasteiger partial charge on any atom is 0.319 e. The number of nitrogens with one attached hydrogen (secondary N) is 2. The van der Waals surface area contributed by atoms with Gasteiger partial charge in [0, 0.05) is 24.1 Å². The average Bonchev–Trinajstić information content (AvgIpc) is 3.11. The average molecular weight is 361 g/mol. The van der Waals surface area contributed by atoms with Crippen LogP contribution in [0.25, 0.3) is 0 Å². The summed E-state index contributed by atoms with van der Waals surface area (Å²) < 4.78 is 2.18. The molecule has 4 nitrogen and oxygen atoms in total. The minimum atomic E-state index is -0.196. The van der Waals surface area contributed by atoms with Crippen molar-refractivity contribution in [3.8, 4) is 0 Å².